The van der Waals surface area contributed by atoms with E-state index >= 15 is 0 Å². The smallest absolute Gasteiger partial charge is 0.410 e. The quantitative estimate of drug-likeness (QED) is 0.694. The Hall–Kier alpha value is -0.810. The number of ether oxygens (including phenoxy) is 2. The fourth-order valence-electron chi connectivity index (χ4n) is 1.38. The molecule has 0 spiro atoms. The number of rotatable bonds is 5. The van der Waals surface area contributed by atoms with Crippen LogP contribution in [0, 0.1) is 0 Å². The standard InChI is InChI=1S/C9H17NO4/c1-9(12,3-5-13-2)7-10-4-6-14-8(10)11/h12H,3-7H2,1-2H3. The molecule has 0 saturated carbocycles. The van der Waals surface area contributed by atoms with E-state index in [-0.39, 0.29) is 6.09 Å². The molecule has 1 rings (SSSR count). The zero-order valence-electron chi connectivity index (χ0n) is 8.65. The molecule has 0 aliphatic carbocycles. The summed E-state index contributed by atoms with van der Waals surface area (Å²) >= 11 is 0. The summed E-state index contributed by atoms with van der Waals surface area (Å²) in [5.41, 5.74) is -0.903. The number of aliphatic hydroxyl groups is 1. The molecule has 1 N–H and O–H groups in total. The molecule has 5 nitrogen and oxygen atoms in total. The predicted molar refractivity (Wildman–Crippen MR) is 50.0 cm³/mol. The van der Waals surface area contributed by atoms with Crippen LogP contribution in [-0.4, -0.2) is 55.1 Å². The Morgan fingerprint density at radius 3 is 2.93 bits per heavy atom. The maximum absolute atomic E-state index is 11.1. The van der Waals surface area contributed by atoms with Crippen LogP contribution in [0.1, 0.15) is 13.3 Å². The van der Waals surface area contributed by atoms with Crippen LogP contribution in [0.5, 0.6) is 0 Å². The number of amides is 1. The van der Waals surface area contributed by atoms with Crippen LogP contribution in [0.15, 0.2) is 0 Å². The van der Waals surface area contributed by atoms with Crippen molar-refractivity contribution in [3.63, 3.8) is 0 Å². The molecule has 0 aromatic carbocycles. The van der Waals surface area contributed by atoms with Crippen LogP contribution < -0.4 is 0 Å². The van der Waals surface area contributed by atoms with Gasteiger partial charge in [0.25, 0.3) is 0 Å². The fourth-order valence-corrected chi connectivity index (χ4v) is 1.38. The highest BCUT2D eigenvalue weighted by Crippen LogP contribution is 2.14. The van der Waals surface area contributed by atoms with Gasteiger partial charge in [-0.05, 0) is 6.92 Å². The topological polar surface area (TPSA) is 59.0 Å². The molecular weight excluding hydrogens is 186 g/mol. The molecule has 82 valence electrons. The molecule has 1 atom stereocenters. The van der Waals surface area contributed by atoms with Crippen LogP contribution in [0.25, 0.3) is 0 Å². The number of cyclic esters (lactones) is 1. The average molecular weight is 203 g/mol. The first-order valence-electron chi connectivity index (χ1n) is 4.68. The minimum absolute atomic E-state index is 0.301. The molecule has 14 heavy (non-hydrogen) atoms. The molecule has 0 bridgehead atoms. The van der Waals surface area contributed by atoms with E-state index < -0.39 is 5.60 Å². The van der Waals surface area contributed by atoms with E-state index in [9.17, 15) is 9.90 Å². The van der Waals surface area contributed by atoms with E-state index in [2.05, 4.69) is 0 Å². The van der Waals surface area contributed by atoms with E-state index in [1.54, 1.807) is 14.0 Å². The molecule has 1 fully saturated rings. The second-order valence-electron chi connectivity index (χ2n) is 3.78. The van der Waals surface area contributed by atoms with Crippen LogP contribution in [0.2, 0.25) is 0 Å². The van der Waals surface area contributed by atoms with Gasteiger partial charge in [0.1, 0.15) is 6.61 Å². The third-order valence-corrected chi connectivity index (χ3v) is 2.22. The van der Waals surface area contributed by atoms with Gasteiger partial charge < -0.3 is 19.5 Å². The number of hydrogen-bond donors (Lipinski definition) is 1. The molecule has 0 radical (unpaired) electrons. The second kappa shape index (κ2) is 4.61. The second-order valence-corrected chi connectivity index (χ2v) is 3.78. The van der Waals surface area contributed by atoms with Crippen molar-refractivity contribution in [2.45, 2.75) is 18.9 Å². The van der Waals surface area contributed by atoms with E-state index in [0.29, 0.717) is 32.7 Å². The van der Waals surface area contributed by atoms with E-state index in [1.807, 2.05) is 0 Å². The summed E-state index contributed by atoms with van der Waals surface area (Å²) < 4.78 is 9.63. The molecule has 1 aliphatic rings. The summed E-state index contributed by atoms with van der Waals surface area (Å²) in [7, 11) is 1.58. The number of hydrogen-bond acceptors (Lipinski definition) is 4. The number of nitrogens with zero attached hydrogens (tertiary/aromatic N) is 1. The number of carbonyl (C=O) groups excluding carboxylic acids is 1. The molecule has 5 heteroatoms. The summed E-state index contributed by atoms with van der Waals surface area (Å²) in [6.07, 6.45) is 0.162. The lowest BCUT2D eigenvalue weighted by Gasteiger charge is -2.27. The monoisotopic (exact) mass is 203 g/mol. The first kappa shape index (κ1) is 11.3. The van der Waals surface area contributed by atoms with Gasteiger partial charge in [0.05, 0.1) is 18.7 Å². The molecule has 0 aromatic rings. The van der Waals surface area contributed by atoms with Crippen molar-refractivity contribution in [2.75, 3.05) is 33.4 Å². The highest BCUT2D eigenvalue weighted by Gasteiger charge is 2.30. The van der Waals surface area contributed by atoms with E-state index in [0.717, 1.165) is 0 Å². The summed E-state index contributed by atoms with van der Waals surface area (Å²) in [5, 5.41) is 9.89. The van der Waals surface area contributed by atoms with Crippen molar-refractivity contribution in [1.82, 2.24) is 4.90 Å². The number of methoxy groups -OCH3 is 1. The summed E-state index contributed by atoms with van der Waals surface area (Å²) in [6.45, 7) is 3.45. The van der Waals surface area contributed by atoms with Gasteiger partial charge in [-0.2, -0.15) is 0 Å². The Balaban J connectivity index is 2.37. The molecule has 1 amide bonds. The number of carbonyl (C=O) groups is 1. The lowest BCUT2D eigenvalue weighted by Crippen LogP contribution is -2.42. The largest absolute Gasteiger partial charge is 0.448 e. The molecule has 1 unspecified atom stereocenters. The first-order valence-corrected chi connectivity index (χ1v) is 4.68. The lowest BCUT2D eigenvalue weighted by molar-refractivity contribution is 0.00465. The third-order valence-electron chi connectivity index (χ3n) is 2.22. The molecular formula is C9H17NO4. The highest BCUT2D eigenvalue weighted by molar-refractivity contribution is 5.69. The van der Waals surface area contributed by atoms with Gasteiger partial charge in [-0.15, -0.1) is 0 Å². The van der Waals surface area contributed by atoms with Gasteiger partial charge in [-0.1, -0.05) is 0 Å². The molecule has 0 aromatic heterocycles. The first-order chi connectivity index (χ1) is 6.55. The van der Waals surface area contributed by atoms with Crippen LogP contribution >= 0.6 is 0 Å². The average Bonchev–Trinajstić information content (AvgIpc) is 2.48. The van der Waals surface area contributed by atoms with Crippen LogP contribution in [-0.2, 0) is 9.47 Å². The predicted octanol–water partition coefficient (Wildman–Crippen LogP) is 0.226. The Morgan fingerprint density at radius 1 is 1.71 bits per heavy atom. The molecule has 1 heterocycles. The fraction of sp³-hybridized carbons (Fsp3) is 0.889. The zero-order valence-corrected chi connectivity index (χ0v) is 8.65. The molecule has 1 saturated heterocycles. The van der Waals surface area contributed by atoms with Crippen LogP contribution in [0.3, 0.4) is 0 Å². The minimum atomic E-state index is -0.903. The van der Waals surface area contributed by atoms with Gasteiger partial charge in [-0.25, -0.2) is 4.79 Å². The summed E-state index contributed by atoms with van der Waals surface area (Å²) in [5.74, 6) is 0. The summed E-state index contributed by atoms with van der Waals surface area (Å²) in [6, 6.07) is 0. The highest BCUT2D eigenvalue weighted by atomic mass is 16.6. The van der Waals surface area contributed by atoms with Gasteiger partial charge in [-0.3, -0.25) is 0 Å². The van der Waals surface area contributed by atoms with Crippen molar-refractivity contribution in [3.05, 3.63) is 0 Å². The minimum Gasteiger partial charge on any atom is -0.448 e. The Labute approximate surface area is 83.6 Å². The van der Waals surface area contributed by atoms with Gasteiger partial charge in [0.2, 0.25) is 0 Å². The van der Waals surface area contributed by atoms with E-state index in [1.165, 1.54) is 4.90 Å². The number of β-amino-alcohol motifs (C(OH)–C–C–N with tert-alkyl or cyclic N) is 1. The zero-order chi connectivity index (χ0) is 10.6. The Bertz CT molecular complexity index is 205. The van der Waals surface area contributed by atoms with Crippen molar-refractivity contribution in [1.29, 1.82) is 0 Å². The van der Waals surface area contributed by atoms with Gasteiger partial charge >= 0.3 is 6.09 Å². The normalized spacial score (nSPS) is 20.8. The molecule has 1 aliphatic heterocycles. The SMILES string of the molecule is COCCC(C)(O)CN1CCOC1=O. The lowest BCUT2D eigenvalue weighted by atomic mass is 10.0. The van der Waals surface area contributed by atoms with Gasteiger partial charge in [0, 0.05) is 20.1 Å². The van der Waals surface area contributed by atoms with Gasteiger partial charge in [0.15, 0.2) is 0 Å². The van der Waals surface area contributed by atoms with Crippen molar-refractivity contribution in [3.8, 4) is 0 Å². The maximum Gasteiger partial charge on any atom is 0.410 e. The van der Waals surface area contributed by atoms with E-state index in [4.69, 9.17) is 9.47 Å². The maximum atomic E-state index is 11.1. The third kappa shape index (κ3) is 3.16. The van der Waals surface area contributed by atoms with Crippen molar-refractivity contribution in [2.24, 2.45) is 0 Å². The van der Waals surface area contributed by atoms with Crippen molar-refractivity contribution >= 4 is 6.09 Å². The summed E-state index contributed by atoms with van der Waals surface area (Å²) in [4.78, 5) is 12.6. The Kier molecular flexibility index (Phi) is 3.71. The Morgan fingerprint density at radius 2 is 2.43 bits per heavy atom. The van der Waals surface area contributed by atoms with Crippen molar-refractivity contribution < 1.29 is 19.4 Å². The van der Waals surface area contributed by atoms with Crippen LogP contribution in [0.4, 0.5) is 4.79 Å².